The van der Waals surface area contributed by atoms with Crippen molar-refractivity contribution < 1.29 is 18.7 Å². The number of thioether (sulfide) groups is 1. The number of rotatable bonds is 8. The topological polar surface area (TPSA) is 74.5 Å². The van der Waals surface area contributed by atoms with E-state index in [2.05, 4.69) is 10.2 Å². The van der Waals surface area contributed by atoms with E-state index in [0.717, 1.165) is 21.8 Å². The zero-order valence-corrected chi connectivity index (χ0v) is 16.0. The minimum atomic E-state index is -0.343. The third-order valence-corrected chi connectivity index (χ3v) is 4.57. The highest BCUT2D eigenvalue weighted by Crippen LogP contribution is 2.22. The van der Waals surface area contributed by atoms with Crippen molar-refractivity contribution in [3.63, 3.8) is 0 Å². The van der Waals surface area contributed by atoms with Crippen LogP contribution in [0.2, 0.25) is 0 Å². The Balaban J connectivity index is 1.46. The standard InChI is InChI=1S/C20H20N2O4S/c1-3-24-16-7-9-17(10-8-16)27-13-19(23)25-12-18-21-22-20(26-18)15-6-4-5-14(2)11-15/h4-11H,3,12-13H2,1-2H3. The molecular weight excluding hydrogens is 364 g/mol. The number of aromatic nitrogens is 2. The van der Waals surface area contributed by atoms with Gasteiger partial charge in [0.05, 0.1) is 12.4 Å². The molecule has 0 aliphatic heterocycles. The monoisotopic (exact) mass is 384 g/mol. The van der Waals surface area contributed by atoms with Gasteiger partial charge in [-0.15, -0.1) is 22.0 Å². The van der Waals surface area contributed by atoms with E-state index in [9.17, 15) is 4.79 Å². The lowest BCUT2D eigenvalue weighted by Gasteiger charge is -2.05. The van der Waals surface area contributed by atoms with E-state index in [1.54, 1.807) is 0 Å². The minimum Gasteiger partial charge on any atom is -0.494 e. The molecule has 0 atom stereocenters. The average Bonchev–Trinajstić information content (AvgIpc) is 3.15. The number of carbonyl (C=O) groups is 1. The number of aryl methyl sites for hydroxylation is 1. The first-order valence-electron chi connectivity index (χ1n) is 8.54. The molecule has 2 aromatic carbocycles. The van der Waals surface area contributed by atoms with Gasteiger partial charge in [-0.05, 0) is 50.2 Å². The maximum Gasteiger partial charge on any atom is 0.316 e. The molecular formula is C20H20N2O4S. The fourth-order valence-corrected chi connectivity index (χ4v) is 3.03. The number of benzene rings is 2. The Morgan fingerprint density at radius 2 is 1.96 bits per heavy atom. The number of carbonyl (C=O) groups excluding carboxylic acids is 1. The van der Waals surface area contributed by atoms with Crippen molar-refractivity contribution >= 4 is 17.7 Å². The van der Waals surface area contributed by atoms with E-state index in [-0.39, 0.29) is 24.2 Å². The van der Waals surface area contributed by atoms with E-state index in [4.69, 9.17) is 13.9 Å². The normalized spacial score (nSPS) is 10.6. The summed E-state index contributed by atoms with van der Waals surface area (Å²) in [6.45, 7) is 4.51. The van der Waals surface area contributed by atoms with Gasteiger partial charge in [-0.25, -0.2) is 0 Å². The predicted octanol–water partition coefficient (Wildman–Crippen LogP) is 4.28. The molecule has 0 spiro atoms. The summed E-state index contributed by atoms with van der Waals surface area (Å²) < 4.78 is 16.1. The molecule has 0 fully saturated rings. The van der Waals surface area contributed by atoms with E-state index in [1.165, 1.54) is 11.8 Å². The van der Waals surface area contributed by atoms with Crippen LogP contribution < -0.4 is 4.74 Å². The second-order valence-electron chi connectivity index (χ2n) is 5.72. The fourth-order valence-electron chi connectivity index (χ4n) is 2.33. The zero-order chi connectivity index (χ0) is 19.1. The summed E-state index contributed by atoms with van der Waals surface area (Å²) in [5.74, 6) is 1.35. The highest BCUT2D eigenvalue weighted by atomic mass is 32.2. The maximum absolute atomic E-state index is 11.9. The van der Waals surface area contributed by atoms with E-state index in [0.29, 0.717) is 12.5 Å². The van der Waals surface area contributed by atoms with E-state index in [1.807, 2.05) is 62.4 Å². The van der Waals surface area contributed by atoms with Gasteiger partial charge in [0.1, 0.15) is 5.75 Å². The van der Waals surface area contributed by atoms with Crippen molar-refractivity contribution in [1.29, 1.82) is 0 Å². The lowest BCUT2D eigenvalue weighted by Crippen LogP contribution is -2.07. The maximum atomic E-state index is 11.9. The van der Waals surface area contributed by atoms with Crippen LogP contribution in [0.1, 0.15) is 18.4 Å². The fraction of sp³-hybridized carbons (Fsp3) is 0.250. The molecule has 0 aliphatic rings. The highest BCUT2D eigenvalue weighted by molar-refractivity contribution is 8.00. The van der Waals surface area contributed by atoms with Crippen LogP contribution in [0, 0.1) is 6.92 Å². The van der Waals surface area contributed by atoms with Gasteiger partial charge in [-0.2, -0.15) is 0 Å². The Morgan fingerprint density at radius 3 is 2.70 bits per heavy atom. The van der Waals surface area contributed by atoms with Gasteiger partial charge in [0.2, 0.25) is 5.89 Å². The quantitative estimate of drug-likeness (QED) is 0.424. The van der Waals surface area contributed by atoms with Crippen LogP contribution in [0.15, 0.2) is 57.8 Å². The Hall–Kier alpha value is -2.80. The zero-order valence-electron chi connectivity index (χ0n) is 15.2. The van der Waals surface area contributed by atoms with Crippen LogP contribution in [-0.2, 0) is 16.1 Å². The summed E-state index contributed by atoms with van der Waals surface area (Å²) >= 11 is 1.40. The van der Waals surface area contributed by atoms with Gasteiger partial charge in [-0.1, -0.05) is 17.7 Å². The Bertz CT molecular complexity index is 893. The van der Waals surface area contributed by atoms with Crippen molar-refractivity contribution in [3.8, 4) is 17.2 Å². The Labute approximate surface area is 161 Å². The summed E-state index contributed by atoms with van der Waals surface area (Å²) in [5, 5.41) is 7.92. The molecule has 0 unspecified atom stereocenters. The Morgan fingerprint density at radius 1 is 1.15 bits per heavy atom. The minimum absolute atomic E-state index is 0.0402. The molecule has 0 saturated carbocycles. The molecule has 1 heterocycles. The first-order chi connectivity index (χ1) is 13.1. The van der Waals surface area contributed by atoms with E-state index < -0.39 is 0 Å². The predicted molar refractivity (Wildman–Crippen MR) is 103 cm³/mol. The van der Waals surface area contributed by atoms with Gasteiger partial charge < -0.3 is 13.9 Å². The molecule has 0 aliphatic carbocycles. The lowest BCUT2D eigenvalue weighted by atomic mass is 10.1. The molecule has 3 aromatic rings. The van der Waals surface area contributed by atoms with Gasteiger partial charge in [0.25, 0.3) is 5.89 Å². The summed E-state index contributed by atoms with van der Waals surface area (Å²) in [7, 11) is 0. The first-order valence-corrected chi connectivity index (χ1v) is 9.53. The molecule has 0 radical (unpaired) electrons. The molecule has 0 bridgehead atoms. The van der Waals surface area contributed by atoms with Crippen LogP contribution in [0.25, 0.3) is 11.5 Å². The van der Waals surface area contributed by atoms with Gasteiger partial charge in [-0.3, -0.25) is 4.79 Å². The molecule has 6 nitrogen and oxygen atoms in total. The summed E-state index contributed by atoms with van der Waals surface area (Å²) in [4.78, 5) is 12.9. The number of ether oxygens (including phenoxy) is 2. The third kappa shape index (κ3) is 5.59. The molecule has 0 N–H and O–H groups in total. The summed E-state index contributed by atoms with van der Waals surface area (Å²) in [6.07, 6.45) is 0. The van der Waals surface area contributed by atoms with Crippen LogP contribution in [-0.4, -0.2) is 28.5 Å². The molecule has 7 heteroatoms. The van der Waals surface area contributed by atoms with Crippen molar-refractivity contribution in [2.45, 2.75) is 25.3 Å². The molecule has 0 amide bonds. The Kier molecular flexibility index (Phi) is 6.49. The van der Waals surface area contributed by atoms with Gasteiger partial charge in [0.15, 0.2) is 6.61 Å². The van der Waals surface area contributed by atoms with Crippen LogP contribution in [0.5, 0.6) is 5.75 Å². The second-order valence-corrected chi connectivity index (χ2v) is 6.77. The summed E-state index contributed by atoms with van der Waals surface area (Å²) in [5.41, 5.74) is 1.94. The highest BCUT2D eigenvalue weighted by Gasteiger charge is 2.11. The van der Waals surface area contributed by atoms with Crippen molar-refractivity contribution in [3.05, 3.63) is 60.0 Å². The van der Waals surface area contributed by atoms with Crippen LogP contribution >= 0.6 is 11.8 Å². The van der Waals surface area contributed by atoms with Crippen molar-refractivity contribution in [1.82, 2.24) is 10.2 Å². The first kappa shape index (κ1) is 19.0. The number of hydrogen-bond acceptors (Lipinski definition) is 7. The third-order valence-electron chi connectivity index (χ3n) is 3.58. The number of nitrogens with zero attached hydrogens (tertiary/aromatic N) is 2. The van der Waals surface area contributed by atoms with Crippen molar-refractivity contribution in [2.24, 2.45) is 0 Å². The van der Waals surface area contributed by atoms with Gasteiger partial charge in [0, 0.05) is 10.5 Å². The second kappa shape index (κ2) is 9.23. The smallest absolute Gasteiger partial charge is 0.316 e. The molecule has 0 saturated heterocycles. The molecule has 3 rings (SSSR count). The number of esters is 1. The molecule has 140 valence electrons. The van der Waals surface area contributed by atoms with Crippen LogP contribution in [0.4, 0.5) is 0 Å². The largest absolute Gasteiger partial charge is 0.494 e. The van der Waals surface area contributed by atoms with Gasteiger partial charge >= 0.3 is 5.97 Å². The average molecular weight is 384 g/mol. The number of hydrogen-bond donors (Lipinski definition) is 0. The molecule has 1 aromatic heterocycles. The van der Waals surface area contributed by atoms with Crippen LogP contribution in [0.3, 0.4) is 0 Å². The lowest BCUT2D eigenvalue weighted by molar-refractivity contribution is -0.142. The van der Waals surface area contributed by atoms with E-state index >= 15 is 0 Å². The van der Waals surface area contributed by atoms with Crippen molar-refractivity contribution in [2.75, 3.05) is 12.4 Å². The summed E-state index contributed by atoms with van der Waals surface area (Å²) in [6, 6.07) is 15.3. The molecule has 27 heavy (non-hydrogen) atoms. The SMILES string of the molecule is CCOc1ccc(SCC(=O)OCc2nnc(-c3cccc(C)c3)o2)cc1.